The molecule has 1 aliphatic rings. The molecule has 2 N–H and O–H groups in total. The van der Waals surface area contributed by atoms with Crippen molar-refractivity contribution in [3.05, 3.63) is 24.2 Å². The van der Waals surface area contributed by atoms with Gasteiger partial charge < -0.3 is 24.5 Å². The van der Waals surface area contributed by atoms with Crippen molar-refractivity contribution in [3.8, 4) is 0 Å². The highest BCUT2D eigenvalue weighted by atomic mass is 127. The fourth-order valence-corrected chi connectivity index (χ4v) is 2.46. The molecule has 1 unspecified atom stereocenters. The molecule has 1 aromatic heterocycles. The Bertz CT molecular complexity index is 434. The molecule has 1 fully saturated rings. The van der Waals surface area contributed by atoms with Gasteiger partial charge in [-0.2, -0.15) is 0 Å². The summed E-state index contributed by atoms with van der Waals surface area (Å²) < 4.78 is 16.4. The molecule has 1 aliphatic heterocycles. The highest BCUT2D eigenvalue weighted by molar-refractivity contribution is 14.0. The van der Waals surface area contributed by atoms with Crippen LogP contribution in [0, 0.1) is 0 Å². The van der Waals surface area contributed by atoms with Crippen molar-refractivity contribution in [1.82, 2.24) is 10.6 Å². The van der Waals surface area contributed by atoms with Crippen molar-refractivity contribution < 1.29 is 13.9 Å². The molecule has 0 saturated carbocycles. The summed E-state index contributed by atoms with van der Waals surface area (Å²) in [4.78, 5) is 4.65. The van der Waals surface area contributed by atoms with Crippen LogP contribution in [-0.4, -0.2) is 51.5 Å². The number of nitrogens with zero attached hydrogens (tertiary/aromatic N) is 1. The fourth-order valence-electron chi connectivity index (χ4n) is 2.46. The Kier molecular flexibility index (Phi) is 11.9. The minimum absolute atomic E-state index is 0. The van der Waals surface area contributed by atoms with Crippen LogP contribution in [0.5, 0.6) is 0 Å². The summed E-state index contributed by atoms with van der Waals surface area (Å²) in [5.74, 6) is 1.78. The van der Waals surface area contributed by atoms with Gasteiger partial charge in [-0.15, -0.1) is 24.0 Å². The molecular formula is C17H30IN3O3. The molecule has 7 heteroatoms. The molecule has 6 nitrogen and oxygen atoms in total. The van der Waals surface area contributed by atoms with Crippen molar-refractivity contribution in [2.24, 2.45) is 4.99 Å². The topological polar surface area (TPSA) is 68.0 Å². The van der Waals surface area contributed by atoms with E-state index in [9.17, 15) is 0 Å². The minimum Gasteiger partial charge on any atom is -0.469 e. The first-order valence-electron chi connectivity index (χ1n) is 8.62. The highest BCUT2D eigenvalue weighted by Gasteiger charge is 2.13. The Balaban J connectivity index is 0.00000288. The van der Waals surface area contributed by atoms with Gasteiger partial charge in [-0.1, -0.05) is 0 Å². The maximum Gasteiger partial charge on any atom is 0.191 e. The average Bonchev–Trinajstić information content (AvgIpc) is 3.10. The summed E-state index contributed by atoms with van der Waals surface area (Å²) in [6.07, 6.45) is 6.28. The summed E-state index contributed by atoms with van der Waals surface area (Å²) in [6, 6.07) is 3.89. The van der Waals surface area contributed by atoms with Gasteiger partial charge in [0.2, 0.25) is 0 Å². The van der Waals surface area contributed by atoms with Crippen molar-refractivity contribution in [2.45, 2.75) is 38.7 Å². The fraction of sp³-hybridized carbons (Fsp3) is 0.706. The van der Waals surface area contributed by atoms with Crippen LogP contribution in [-0.2, 0) is 15.9 Å². The van der Waals surface area contributed by atoms with E-state index in [-0.39, 0.29) is 30.1 Å². The maximum absolute atomic E-state index is 5.73. The molecular weight excluding hydrogens is 421 g/mol. The smallest absolute Gasteiger partial charge is 0.191 e. The molecule has 24 heavy (non-hydrogen) atoms. The Labute approximate surface area is 161 Å². The lowest BCUT2D eigenvalue weighted by Crippen LogP contribution is -2.40. The average molecular weight is 451 g/mol. The second-order valence-corrected chi connectivity index (χ2v) is 5.56. The number of guanidine groups is 1. The Morgan fingerprint density at radius 3 is 2.92 bits per heavy atom. The van der Waals surface area contributed by atoms with E-state index < -0.39 is 0 Å². The molecule has 0 radical (unpaired) electrons. The number of halogens is 1. The Hall–Kier alpha value is -0.800. The number of hydrogen-bond acceptors (Lipinski definition) is 4. The van der Waals surface area contributed by atoms with E-state index in [1.54, 1.807) is 6.26 Å². The molecule has 1 aromatic rings. The van der Waals surface area contributed by atoms with Crippen LogP contribution in [0.3, 0.4) is 0 Å². The first-order valence-corrected chi connectivity index (χ1v) is 8.62. The minimum atomic E-state index is 0. The molecule has 2 rings (SSSR count). The van der Waals surface area contributed by atoms with Crippen LogP contribution in [0.15, 0.2) is 27.8 Å². The van der Waals surface area contributed by atoms with Crippen molar-refractivity contribution in [2.75, 3.05) is 39.5 Å². The second-order valence-electron chi connectivity index (χ2n) is 5.56. The van der Waals surface area contributed by atoms with E-state index in [1.165, 1.54) is 12.8 Å². The first-order chi connectivity index (χ1) is 11.4. The molecule has 0 amide bonds. The Morgan fingerprint density at radius 2 is 2.21 bits per heavy atom. The predicted octanol–water partition coefficient (Wildman–Crippen LogP) is 2.58. The van der Waals surface area contributed by atoms with E-state index >= 15 is 0 Å². The number of aliphatic imine (C=N–C) groups is 1. The van der Waals surface area contributed by atoms with Gasteiger partial charge in [-0.3, -0.25) is 4.99 Å². The second kappa shape index (κ2) is 13.5. The lowest BCUT2D eigenvalue weighted by atomic mass is 10.1. The highest BCUT2D eigenvalue weighted by Crippen LogP contribution is 2.12. The van der Waals surface area contributed by atoms with Gasteiger partial charge >= 0.3 is 0 Å². The number of rotatable bonds is 9. The summed E-state index contributed by atoms with van der Waals surface area (Å²) >= 11 is 0. The van der Waals surface area contributed by atoms with E-state index in [0.29, 0.717) is 13.2 Å². The number of furan rings is 1. The number of ether oxygens (including phenoxy) is 2. The third kappa shape index (κ3) is 8.89. The largest absolute Gasteiger partial charge is 0.469 e. The van der Waals surface area contributed by atoms with Crippen LogP contribution in [0.4, 0.5) is 0 Å². The third-order valence-corrected chi connectivity index (χ3v) is 3.71. The van der Waals surface area contributed by atoms with E-state index in [0.717, 1.165) is 50.9 Å². The van der Waals surface area contributed by atoms with Crippen LogP contribution < -0.4 is 10.6 Å². The van der Waals surface area contributed by atoms with Crippen molar-refractivity contribution >= 4 is 29.9 Å². The van der Waals surface area contributed by atoms with Crippen molar-refractivity contribution in [3.63, 3.8) is 0 Å². The number of nitrogens with one attached hydrogen (secondary N) is 2. The predicted molar refractivity (Wildman–Crippen MR) is 106 cm³/mol. The lowest BCUT2D eigenvalue weighted by Gasteiger charge is -2.21. The van der Waals surface area contributed by atoms with Gasteiger partial charge in [-0.05, 0) is 38.3 Å². The molecule has 2 heterocycles. The zero-order valence-corrected chi connectivity index (χ0v) is 16.8. The summed E-state index contributed by atoms with van der Waals surface area (Å²) in [5, 5.41) is 6.64. The zero-order chi connectivity index (χ0) is 16.2. The quantitative estimate of drug-likeness (QED) is 0.262. The molecule has 0 bridgehead atoms. The molecule has 138 valence electrons. The van der Waals surface area contributed by atoms with Crippen LogP contribution in [0.2, 0.25) is 0 Å². The van der Waals surface area contributed by atoms with Gasteiger partial charge in [0.05, 0.1) is 25.5 Å². The standard InChI is InChI=1S/C17H29N3O3.HI/c1-2-21-13-10-19-17(18-9-8-15-7-5-12-22-15)20-14-16-6-3-4-11-23-16;/h5,7,12,16H,2-4,6,8-11,13-14H2,1H3,(H2,18,19,20);1H. The normalized spacial score (nSPS) is 18.0. The summed E-state index contributed by atoms with van der Waals surface area (Å²) in [7, 11) is 0. The van der Waals surface area contributed by atoms with Crippen molar-refractivity contribution in [1.29, 1.82) is 0 Å². The number of hydrogen-bond donors (Lipinski definition) is 2. The SMILES string of the molecule is CCOCCNC(=NCC1CCCCO1)NCCc1ccco1.I. The van der Waals surface area contributed by atoms with E-state index in [2.05, 4.69) is 15.6 Å². The first kappa shape index (κ1) is 21.2. The van der Waals surface area contributed by atoms with E-state index in [4.69, 9.17) is 13.9 Å². The van der Waals surface area contributed by atoms with Gasteiger partial charge in [0.1, 0.15) is 5.76 Å². The van der Waals surface area contributed by atoms with Crippen LogP contribution >= 0.6 is 24.0 Å². The van der Waals surface area contributed by atoms with Gasteiger partial charge in [0, 0.05) is 32.7 Å². The van der Waals surface area contributed by atoms with Gasteiger partial charge in [0.25, 0.3) is 0 Å². The monoisotopic (exact) mass is 451 g/mol. The van der Waals surface area contributed by atoms with E-state index in [1.807, 2.05) is 19.1 Å². The molecule has 1 saturated heterocycles. The lowest BCUT2D eigenvalue weighted by molar-refractivity contribution is 0.0224. The summed E-state index contributed by atoms with van der Waals surface area (Å²) in [5.41, 5.74) is 0. The third-order valence-electron chi connectivity index (χ3n) is 3.71. The summed E-state index contributed by atoms with van der Waals surface area (Å²) in [6.45, 7) is 6.48. The van der Waals surface area contributed by atoms with Crippen LogP contribution in [0.25, 0.3) is 0 Å². The molecule has 1 atom stereocenters. The molecule has 0 aromatic carbocycles. The zero-order valence-electron chi connectivity index (χ0n) is 14.5. The maximum atomic E-state index is 5.73. The molecule has 0 spiro atoms. The molecule has 0 aliphatic carbocycles. The van der Waals surface area contributed by atoms with Crippen LogP contribution in [0.1, 0.15) is 31.9 Å². The van der Waals surface area contributed by atoms with Gasteiger partial charge in [0.15, 0.2) is 5.96 Å². The van der Waals surface area contributed by atoms with Gasteiger partial charge in [-0.25, -0.2) is 0 Å². The Morgan fingerprint density at radius 1 is 1.33 bits per heavy atom.